The molecule has 2 rings (SSSR count). The summed E-state index contributed by atoms with van der Waals surface area (Å²) in [7, 11) is 0. The van der Waals surface area contributed by atoms with Crippen molar-refractivity contribution in [2.24, 2.45) is 5.92 Å². The number of carbonyl (C=O) groups is 2. The summed E-state index contributed by atoms with van der Waals surface area (Å²) in [5, 5.41) is 9.19. The zero-order valence-corrected chi connectivity index (χ0v) is 14.0. The zero-order valence-electron chi connectivity index (χ0n) is 14.0. The minimum Gasteiger partial charge on any atom is -0.490 e. The molecule has 1 heterocycles. The summed E-state index contributed by atoms with van der Waals surface area (Å²) in [5.41, 5.74) is 0.438. The maximum Gasteiger partial charge on any atom is 0.310 e. The molecule has 1 unspecified atom stereocenters. The van der Waals surface area contributed by atoms with Gasteiger partial charge in [0.15, 0.2) is 11.5 Å². The number of amides is 1. The fourth-order valence-corrected chi connectivity index (χ4v) is 2.51. The highest BCUT2D eigenvalue weighted by atomic mass is 16.5. The molecule has 0 aromatic heterocycles. The monoisotopic (exact) mass is 337 g/mol. The Hall–Kier alpha value is -2.28. The second-order valence-electron chi connectivity index (χ2n) is 5.39. The second kappa shape index (κ2) is 8.54. The van der Waals surface area contributed by atoms with E-state index in [9.17, 15) is 14.7 Å². The molecule has 0 saturated carbocycles. The summed E-state index contributed by atoms with van der Waals surface area (Å²) < 4.78 is 16.3. The van der Waals surface area contributed by atoms with Crippen molar-refractivity contribution in [2.45, 2.75) is 13.8 Å². The van der Waals surface area contributed by atoms with Crippen LogP contribution in [0.15, 0.2) is 18.2 Å². The average molecular weight is 337 g/mol. The van der Waals surface area contributed by atoms with E-state index in [1.54, 1.807) is 18.2 Å². The number of aliphatic carboxylic acids is 1. The highest BCUT2D eigenvalue weighted by Crippen LogP contribution is 2.29. The maximum atomic E-state index is 12.7. The molecule has 1 N–H and O–H groups in total. The van der Waals surface area contributed by atoms with Crippen molar-refractivity contribution in [1.29, 1.82) is 0 Å². The molecular weight excluding hydrogens is 314 g/mol. The van der Waals surface area contributed by atoms with Crippen LogP contribution < -0.4 is 9.47 Å². The smallest absolute Gasteiger partial charge is 0.310 e. The van der Waals surface area contributed by atoms with Crippen LogP contribution in [-0.4, -0.2) is 61.4 Å². The molecule has 24 heavy (non-hydrogen) atoms. The van der Waals surface area contributed by atoms with Gasteiger partial charge in [-0.3, -0.25) is 9.59 Å². The first-order valence-electron chi connectivity index (χ1n) is 8.06. The van der Waals surface area contributed by atoms with Gasteiger partial charge in [0.25, 0.3) is 5.91 Å². The lowest BCUT2D eigenvalue weighted by atomic mass is 10.1. The Morgan fingerprint density at radius 3 is 2.62 bits per heavy atom. The SMILES string of the molecule is CCOc1ccc(C(=O)N2CCOCC(C(=O)O)C2)cc1OCC. The van der Waals surface area contributed by atoms with Gasteiger partial charge in [-0.1, -0.05) is 0 Å². The van der Waals surface area contributed by atoms with Gasteiger partial charge in [-0.15, -0.1) is 0 Å². The van der Waals surface area contributed by atoms with Crippen molar-refractivity contribution in [3.8, 4) is 11.5 Å². The Labute approximate surface area is 141 Å². The number of nitrogens with zero attached hydrogens (tertiary/aromatic N) is 1. The first kappa shape index (κ1) is 18.1. The number of ether oxygens (including phenoxy) is 3. The number of rotatable bonds is 6. The quantitative estimate of drug-likeness (QED) is 0.850. The predicted molar refractivity (Wildman–Crippen MR) is 86.6 cm³/mol. The molecule has 1 aliphatic heterocycles. The van der Waals surface area contributed by atoms with Gasteiger partial charge < -0.3 is 24.2 Å². The van der Waals surface area contributed by atoms with Crippen LogP contribution in [0.25, 0.3) is 0 Å². The molecule has 1 aromatic rings. The highest BCUT2D eigenvalue weighted by Gasteiger charge is 2.28. The minimum atomic E-state index is -0.962. The van der Waals surface area contributed by atoms with Crippen molar-refractivity contribution in [3.05, 3.63) is 23.8 Å². The van der Waals surface area contributed by atoms with E-state index in [0.29, 0.717) is 43.4 Å². The Morgan fingerprint density at radius 1 is 1.25 bits per heavy atom. The third-order valence-corrected chi connectivity index (χ3v) is 3.69. The molecule has 1 fully saturated rings. The number of carbonyl (C=O) groups excluding carboxylic acids is 1. The summed E-state index contributed by atoms with van der Waals surface area (Å²) >= 11 is 0. The van der Waals surface area contributed by atoms with Crippen LogP contribution in [-0.2, 0) is 9.53 Å². The summed E-state index contributed by atoms with van der Waals surface area (Å²) in [6.07, 6.45) is 0. The first-order valence-corrected chi connectivity index (χ1v) is 8.06. The van der Waals surface area contributed by atoms with Crippen LogP contribution in [0, 0.1) is 5.92 Å². The zero-order chi connectivity index (χ0) is 17.5. The van der Waals surface area contributed by atoms with Crippen LogP contribution in [0.2, 0.25) is 0 Å². The molecule has 1 amide bonds. The molecule has 1 atom stereocenters. The summed E-state index contributed by atoms with van der Waals surface area (Å²) in [6.45, 7) is 5.61. The van der Waals surface area contributed by atoms with Gasteiger partial charge in [0, 0.05) is 18.7 Å². The van der Waals surface area contributed by atoms with E-state index in [0.717, 1.165) is 0 Å². The number of benzene rings is 1. The van der Waals surface area contributed by atoms with Gasteiger partial charge in [-0.2, -0.15) is 0 Å². The van der Waals surface area contributed by atoms with E-state index in [2.05, 4.69) is 0 Å². The van der Waals surface area contributed by atoms with Crippen molar-refractivity contribution >= 4 is 11.9 Å². The lowest BCUT2D eigenvalue weighted by molar-refractivity contribution is -0.143. The lowest BCUT2D eigenvalue weighted by Crippen LogP contribution is -2.38. The summed E-state index contributed by atoms with van der Waals surface area (Å²) in [5.74, 6) is -0.831. The van der Waals surface area contributed by atoms with Gasteiger partial charge in [0.2, 0.25) is 0 Å². The maximum absolute atomic E-state index is 12.7. The molecular formula is C17H23NO6. The van der Waals surface area contributed by atoms with Gasteiger partial charge >= 0.3 is 5.97 Å². The fraction of sp³-hybridized carbons (Fsp3) is 0.529. The number of hydrogen-bond donors (Lipinski definition) is 1. The third-order valence-electron chi connectivity index (χ3n) is 3.69. The molecule has 0 spiro atoms. The summed E-state index contributed by atoms with van der Waals surface area (Å²) in [6, 6.07) is 5.00. The fourth-order valence-electron chi connectivity index (χ4n) is 2.51. The Bertz CT molecular complexity index is 588. The Morgan fingerprint density at radius 2 is 1.96 bits per heavy atom. The Kier molecular flexibility index (Phi) is 6.43. The predicted octanol–water partition coefficient (Wildman–Crippen LogP) is 1.66. The van der Waals surface area contributed by atoms with Gasteiger partial charge in [-0.25, -0.2) is 0 Å². The molecule has 132 valence electrons. The van der Waals surface area contributed by atoms with E-state index >= 15 is 0 Å². The molecule has 1 aromatic carbocycles. The normalized spacial score (nSPS) is 17.9. The van der Waals surface area contributed by atoms with Gasteiger partial charge in [-0.05, 0) is 32.0 Å². The lowest BCUT2D eigenvalue weighted by Gasteiger charge is -2.22. The van der Waals surface area contributed by atoms with E-state index in [4.69, 9.17) is 14.2 Å². The topological polar surface area (TPSA) is 85.3 Å². The van der Waals surface area contributed by atoms with Crippen LogP contribution in [0.3, 0.4) is 0 Å². The average Bonchev–Trinajstić information content (AvgIpc) is 2.82. The van der Waals surface area contributed by atoms with Crippen molar-refractivity contribution < 1.29 is 28.9 Å². The Balaban J connectivity index is 2.21. The molecule has 1 aliphatic rings. The second-order valence-corrected chi connectivity index (χ2v) is 5.39. The molecule has 7 nitrogen and oxygen atoms in total. The van der Waals surface area contributed by atoms with E-state index in [1.807, 2.05) is 13.8 Å². The highest BCUT2D eigenvalue weighted by molar-refractivity contribution is 5.95. The summed E-state index contributed by atoms with van der Waals surface area (Å²) in [4.78, 5) is 25.5. The van der Waals surface area contributed by atoms with Crippen LogP contribution in [0.5, 0.6) is 11.5 Å². The van der Waals surface area contributed by atoms with Crippen molar-refractivity contribution in [2.75, 3.05) is 39.5 Å². The molecule has 7 heteroatoms. The van der Waals surface area contributed by atoms with Crippen molar-refractivity contribution in [1.82, 2.24) is 4.90 Å². The van der Waals surface area contributed by atoms with Gasteiger partial charge in [0.1, 0.15) is 0 Å². The number of carboxylic acid groups (broad SMARTS) is 1. The van der Waals surface area contributed by atoms with Crippen LogP contribution in [0.4, 0.5) is 0 Å². The molecule has 0 radical (unpaired) electrons. The minimum absolute atomic E-state index is 0.118. The van der Waals surface area contributed by atoms with Gasteiger partial charge in [0.05, 0.1) is 32.3 Å². The largest absolute Gasteiger partial charge is 0.490 e. The molecule has 0 bridgehead atoms. The number of hydrogen-bond acceptors (Lipinski definition) is 5. The van der Waals surface area contributed by atoms with E-state index < -0.39 is 11.9 Å². The molecule has 1 saturated heterocycles. The van der Waals surface area contributed by atoms with Crippen molar-refractivity contribution in [3.63, 3.8) is 0 Å². The van der Waals surface area contributed by atoms with E-state index in [1.165, 1.54) is 4.90 Å². The van der Waals surface area contributed by atoms with E-state index in [-0.39, 0.29) is 19.1 Å². The first-order chi connectivity index (χ1) is 11.6. The third kappa shape index (κ3) is 4.38. The molecule has 0 aliphatic carbocycles. The number of carboxylic acids is 1. The van der Waals surface area contributed by atoms with Crippen LogP contribution in [0.1, 0.15) is 24.2 Å². The standard InChI is InChI=1S/C17H23NO6/c1-3-23-14-6-5-12(9-15(14)24-4-2)16(19)18-7-8-22-11-13(10-18)17(20)21/h5-6,9,13H,3-4,7-8,10-11H2,1-2H3,(H,20,21). The van der Waals surface area contributed by atoms with Crippen LogP contribution >= 0.6 is 0 Å².